The second-order valence-electron chi connectivity index (χ2n) is 4.32. The SMILES string of the molecule is CN(C(=O)COCCCC(F)(F)F)c1ccc(N)cc1. The molecule has 1 rings (SSSR count). The van der Waals surface area contributed by atoms with Gasteiger partial charge in [0.25, 0.3) is 5.91 Å². The van der Waals surface area contributed by atoms with Gasteiger partial charge in [-0.25, -0.2) is 0 Å². The zero-order chi connectivity index (χ0) is 15.2. The second kappa shape index (κ2) is 7.14. The molecule has 0 aliphatic rings. The molecule has 1 aromatic carbocycles. The van der Waals surface area contributed by atoms with E-state index in [0.29, 0.717) is 11.4 Å². The van der Waals surface area contributed by atoms with Gasteiger partial charge in [0.05, 0.1) is 0 Å². The fourth-order valence-corrected chi connectivity index (χ4v) is 1.47. The Morgan fingerprint density at radius 3 is 2.45 bits per heavy atom. The number of ether oxygens (including phenoxy) is 1. The second-order valence-corrected chi connectivity index (χ2v) is 4.32. The zero-order valence-electron chi connectivity index (χ0n) is 11.1. The fraction of sp³-hybridized carbons (Fsp3) is 0.462. The highest BCUT2D eigenvalue weighted by Gasteiger charge is 2.26. The molecule has 0 saturated carbocycles. The molecule has 0 radical (unpaired) electrons. The van der Waals surface area contributed by atoms with Gasteiger partial charge in [-0.1, -0.05) is 0 Å². The zero-order valence-corrected chi connectivity index (χ0v) is 11.1. The van der Waals surface area contributed by atoms with E-state index in [0.717, 1.165) is 0 Å². The Bertz CT molecular complexity index is 432. The first-order valence-corrected chi connectivity index (χ1v) is 6.06. The number of nitrogens with two attached hydrogens (primary N) is 1. The van der Waals surface area contributed by atoms with Gasteiger partial charge < -0.3 is 15.4 Å². The van der Waals surface area contributed by atoms with Crippen LogP contribution < -0.4 is 10.6 Å². The van der Waals surface area contributed by atoms with Gasteiger partial charge in [-0.15, -0.1) is 0 Å². The lowest BCUT2D eigenvalue weighted by atomic mass is 10.2. The summed E-state index contributed by atoms with van der Waals surface area (Å²) >= 11 is 0. The van der Waals surface area contributed by atoms with Crippen LogP contribution in [0.25, 0.3) is 0 Å². The van der Waals surface area contributed by atoms with Crippen molar-refractivity contribution in [2.24, 2.45) is 0 Å². The summed E-state index contributed by atoms with van der Waals surface area (Å²) in [5.74, 6) is -0.332. The number of amides is 1. The molecule has 112 valence electrons. The summed E-state index contributed by atoms with van der Waals surface area (Å²) in [6, 6.07) is 6.67. The van der Waals surface area contributed by atoms with E-state index < -0.39 is 12.6 Å². The van der Waals surface area contributed by atoms with Crippen LogP contribution in [0.15, 0.2) is 24.3 Å². The van der Waals surface area contributed by atoms with Crippen LogP contribution in [0, 0.1) is 0 Å². The number of rotatable bonds is 6. The Balaban J connectivity index is 2.30. The maximum Gasteiger partial charge on any atom is 0.389 e. The van der Waals surface area contributed by atoms with Crippen LogP contribution in [-0.4, -0.2) is 32.3 Å². The van der Waals surface area contributed by atoms with Crippen LogP contribution in [0.2, 0.25) is 0 Å². The lowest BCUT2D eigenvalue weighted by molar-refractivity contribution is -0.138. The third-order valence-electron chi connectivity index (χ3n) is 2.63. The van der Waals surface area contributed by atoms with Crippen molar-refractivity contribution in [1.29, 1.82) is 0 Å². The largest absolute Gasteiger partial charge is 0.399 e. The van der Waals surface area contributed by atoms with E-state index in [1.807, 2.05) is 0 Å². The predicted octanol–water partition coefficient (Wildman–Crippen LogP) is 2.59. The van der Waals surface area contributed by atoms with Crippen molar-refractivity contribution < 1.29 is 22.7 Å². The van der Waals surface area contributed by atoms with E-state index in [1.54, 1.807) is 31.3 Å². The van der Waals surface area contributed by atoms with E-state index in [2.05, 4.69) is 0 Å². The molecule has 1 aromatic rings. The Kier molecular flexibility index (Phi) is 5.82. The summed E-state index contributed by atoms with van der Waals surface area (Å²) < 4.78 is 40.6. The standard InChI is InChI=1S/C13H17F3N2O2/c1-18(11-5-3-10(17)4-6-11)12(19)9-20-8-2-7-13(14,15)16/h3-6H,2,7-9,17H2,1H3. The normalized spacial score (nSPS) is 11.4. The van der Waals surface area contributed by atoms with Crippen molar-refractivity contribution in [3.63, 3.8) is 0 Å². The van der Waals surface area contributed by atoms with E-state index in [9.17, 15) is 18.0 Å². The van der Waals surface area contributed by atoms with Crippen LogP contribution in [-0.2, 0) is 9.53 Å². The average molecular weight is 290 g/mol. The van der Waals surface area contributed by atoms with Gasteiger partial charge in [-0.2, -0.15) is 13.2 Å². The minimum absolute atomic E-state index is 0.0964. The molecule has 0 saturated heterocycles. The summed E-state index contributed by atoms with van der Waals surface area (Å²) in [6.07, 6.45) is -5.24. The predicted molar refractivity (Wildman–Crippen MR) is 70.4 cm³/mol. The van der Waals surface area contributed by atoms with Gasteiger partial charge >= 0.3 is 6.18 Å². The molecule has 1 amide bonds. The van der Waals surface area contributed by atoms with Crippen molar-refractivity contribution in [2.75, 3.05) is 30.9 Å². The van der Waals surface area contributed by atoms with Crippen LogP contribution in [0.4, 0.5) is 24.5 Å². The summed E-state index contributed by atoms with van der Waals surface area (Å²) in [5, 5.41) is 0. The molecule has 0 bridgehead atoms. The molecule has 4 nitrogen and oxygen atoms in total. The minimum atomic E-state index is -4.19. The van der Waals surface area contributed by atoms with Crippen molar-refractivity contribution in [3.8, 4) is 0 Å². The van der Waals surface area contributed by atoms with E-state index in [-0.39, 0.29) is 25.5 Å². The molecule has 7 heteroatoms. The first-order valence-electron chi connectivity index (χ1n) is 6.06. The highest BCUT2D eigenvalue weighted by molar-refractivity contribution is 5.93. The number of alkyl halides is 3. The van der Waals surface area contributed by atoms with Crippen LogP contribution >= 0.6 is 0 Å². The van der Waals surface area contributed by atoms with Crippen molar-refractivity contribution in [3.05, 3.63) is 24.3 Å². The molecule has 0 aromatic heterocycles. The highest BCUT2D eigenvalue weighted by atomic mass is 19.4. The Labute approximate surface area is 115 Å². The van der Waals surface area contributed by atoms with Gasteiger partial charge in [0.15, 0.2) is 0 Å². The van der Waals surface area contributed by atoms with Crippen molar-refractivity contribution in [2.45, 2.75) is 19.0 Å². The van der Waals surface area contributed by atoms with Crippen LogP contribution in [0.5, 0.6) is 0 Å². The van der Waals surface area contributed by atoms with Gasteiger partial charge in [-0.3, -0.25) is 4.79 Å². The topological polar surface area (TPSA) is 55.6 Å². The molecule has 0 fully saturated rings. The molecule has 20 heavy (non-hydrogen) atoms. The molecule has 0 spiro atoms. The number of likely N-dealkylation sites (N-methyl/N-ethyl adjacent to an activating group) is 1. The number of nitrogen functional groups attached to an aromatic ring is 1. The van der Waals surface area contributed by atoms with Crippen molar-refractivity contribution in [1.82, 2.24) is 0 Å². The number of hydrogen-bond donors (Lipinski definition) is 1. The van der Waals surface area contributed by atoms with Crippen LogP contribution in [0.1, 0.15) is 12.8 Å². The van der Waals surface area contributed by atoms with E-state index >= 15 is 0 Å². The molecule has 0 heterocycles. The number of anilines is 2. The molecule has 0 atom stereocenters. The van der Waals surface area contributed by atoms with Gasteiger partial charge in [0.1, 0.15) is 6.61 Å². The third kappa shape index (κ3) is 5.92. The van der Waals surface area contributed by atoms with Gasteiger partial charge in [0, 0.05) is 31.5 Å². The highest BCUT2D eigenvalue weighted by Crippen LogP contribution is 2.21. The number of benzene rings is 1. The number of nitrogens with zero attached hydrogens (tertiary/aromatic N) is 1. The summed E-state index contributed by atoms with van der Waals surface area (Å²) in [6.45, 7) is -0.348. The lowest BCUT2D eigenvalue weighted by Crippen LogP contribution is -2.30. The number of carbonyl (C=O) groups excluding carboxylic acids is 1. The van der Waals surface area contributed by atoms with E-state index in [4.69, 9.17) is 10.5 Å². The number of carbonyl (C=O) groups is 1. The number of halogens is 3. The smallest absolute Gasteiger partial charge is 0.389 e. The molecule has 0 aliphatic heterocycles. The third-order valence-corrected chi connectivity index (χ3v) is 2.63. The molecular formula is C13H17F3N2O2. The summed E-state index contributed by atoms with van der Waals surface area (Å²) in [4.78, 5) is 13.1. The first kappa shape index (κ1) is 16.3. The van der Waals surface area contributed by atoms with E-state index in [1.165, 1.54) is 4.90 Å². The molecule has 0 unspecified atom stereocenters. The quantitative estimate of drug-likeness (QED) is 0.647. The Morgan fingerprint density at radius 1 is 1.30 bits per heavy atom. The summed E-state index contributed by atoms with van der Waals surface area (Å²) in [5.41, 5.74) is 6.75. The maximum atomic E-state index is 11.9. The first-order chi connectivity index (χ1) is 9.29. The number of hydrogen-bond acceptors (Lipinski definition) is 3. The minimum Gasteiger partial charge on any atom is -0.399 e. The maximum absolute atomic E-state index is 11.9. The lowest BCUT2D eigenvalue weighted by Gasteiger charge is -2.17. The fourth-order valence-electron chi connectivity index (χ4n) is 1.47. The summed E-state index contributed by atoms with van der Waals surface area (Å²) in [7, 11) is 1.56. The Hall–Kier alpha value is -1.76. The Morgan fingerprint density at radius 2 is 1.90 bits per heavy atom. The van der Waals surface area contributed by atoms with Gasteiger partial charge in [0.2, 0.25) is 0 Å². The monoisotopic (exact) mass is 290 g/mol. The van der Waals surface area contributed by atoms with Crippen molar-refractivity contribution >= 4 is 17.3 Å². The molecule has 0 aliphatic carbocycles. The van der Waals surface area contributed by atoms with Crippen LogP contribution in [0.3, 0.4) is 0 Å². The average Bonchev–Trinajstić information content (AvgIpc) is 2.37. The van der Waals surface area contributed by atoms with Gasteiger partial charge in [-0.05, 0) is 30.7 Å². The molecular weight excluding hydrogens is 273 g/mol. The molecule has 2 N–H and O–H groups in total.